The van der Waals surface area contributed by atoms with Crippen molar-refractivity contribution in [2.45, 2.75) is 12.3 Å². The number of allylic oxidation sites excluding steroid dienone is 15. The van der Waals surface area contributed by atoms with Gasteiger partial charge in [-0.3, -0.25) is 4.99 Å². The Morgan fingerprint density at radius 1 is 0.492 bits per heavy atom. The van der Waals surface area contributed by atoms with E-state index in [1.165, 1.54) is 22.3 Å². The Hall–Kier alpha value is -8.07. The molecule has 0 aliphatic heterocycles. The highest BCUT2D eigenvalue weighted by Crippen LogP contribution is 2.55. The number of aliphatic imine (C=N–C) groups is 1. The lowest BCUT2D eigenvalue weighted by atomic mass is 9.66. The van der Waals surface area contributed by atoms with Crippen LogP contribution in [0.3, 0.4) is 0 Å². The van der Waals surface area contributed by atoms with Crippen LogP contribution in [0.1, 0.15) is 34.7 Å². The van der Waals surface area contributed by atoms with Crippen LogP contribution in [0.4, 0.5) is 17.1 Å². The van der Waals surface area contributed by atoms with E-state index in [-0.39, 0.29) is 0 Å². The average Bonchev–Trinajstić information content (AvgIpc) is 3.63. The molecule has 0 saturated carbocycles. The minimum absolute atomic E-state index is 0.614. The Kier molecular flexibility index (Phi) is 13.5. The van der Waals surface area contributed by atoms with Crippen LogP contribution < -0.4 is 4.90 Å². The first-order valence-electron chi connectivity index (χ1n) is 21.4. The van der Waals surface area contributed by atoms with Crippen molar-refractivity contribution in [3.63, 3.8) is 0 Å². The van der Waals surface area contributed by atoms with E-state index in [1.54, 1.807) is 6.20 Å². The molecule has 1 atom stereocenters. The van der Waals surface area contributed by atoms with Crippen molar-refractivity contribution in [3.05, 3.63) is 307 Å². The molecule has 1 aliphatic carbocycles. The zero-order valence-electron chi connectivity index (χ0n) is 35.6. The molecule has 0 N–H and O–H groups in total. The fraction of sp³-hybridized carbons (Fsp3) is 0.0328. The van der Waals surface area contributed by atoms with Gasteiger partial charge >= 0.3 is 0 Å². The summed E-state index contributed by atoms with van der Waals surface area (Å²) in [5.74, 6) is 0. The molecule has 2 heteroatoms. The summed E-state index contributed by atoms with van der Waals surface area (Å²) in [5.41, 5.74) is 14.3. The minimum Gasteiger partial charge on any atom is -0.311 e. The van der Waals surface area contributed by atoms with Crippen LogP contribution in [0.5, 0.6) is 0 Å². The summed E-state index contributed by atoms with van der Waals surface area (Å²) in [5, 5.41) is 0. The quantitative estimate of drug-likeness (QED) is 0.0744. The third kappa shape index (κ3) is 9.17. The summed E-state index contributed by atoms with van der Waals surface area (Å²) in [6.07, 6.45) is 27.1. The first-order valence-corrected chi connectivity index (χ1v) is 21.4. The van der Waals surface area contributed by atoms with E-state index in [0.29, 0.717) is 0 Å². The lowest BCUT2D eigenvalue weighted by Gasteiger charge is -2.35. The number of nitrogens with zero attached hydrogens (tertiary/aromatic N) is 2. The maximum absolute atomic E-state index is 4.17. The van der Waals surface area contributed by atoms with Gasteiger partial charge in [0.25, 0.3) is 0 Å². The van der Waals surface area contributed by atoms with E-state index in [0.717, 1.165) is 50.5 Å². The van der Waals surface area contributed by atoms with Crippen molar-refractivity contribution < 1.29 is 0 Å². The summed E-state index contributed by atoms with van der Waals surface area (Å²) in [6.45, 7) is 5.81. The fourth-order valence-electron chi connectivity index (χ4n) is 8.50. The number of benzene rings is 7. The Balaban J connectivity index is 1.20. The molecule has 8 rings (SSSR count). The van der Waals surface area contributed by atoms with E-state index in [9.17, 15) is 0 Å². The molecule has 0 radical (unpaired) electrons. The van der Waals surface area contributed by atoms with Gasteiger partial charge in [-0.05, 0) is 112 Å². The molecule has 7 aromatic carbocycles. The molecule has 7 aromatic rings. The minimum atomic E-state index is -0.614. The normalized spacial score (nSPS) is 15.5. The van der Waals surface area contributed by atoms with Gasteiger partial charge in [-0.25, -0.2) is 0 Å². The Morgan fingerprint density at radius 3 is 1.65 bits per heavy atom. The Bertz CT molecular complexity index is 2820. The van der Waals surface area contributed by atoms with E-state index >= 15 is 0 Å². The van der Waals surface area contributed by atoms with Gasteiger partial charge in [0.15, 0.2) is 0 Å². The van der Waals surface area contributed by atoms with Crippen molar-refractivity contribution in [3.8, 4) is 11.1 Å². The zero-order valence-corrected chi connectivity index (χ0v) is 35.6. The van der Waals surface area contributed by atoms with Crippen LogP contribution in [-0.2, 0) is 5.41 Å². The monoisotopic (exact) mass is 810 g/mol. The van der Waals surface area contributed by atoms with E-state index < -0.39 is 5.41 Å². The van der Waals surface area contributed by atoms with Crippen LogP contribution in [0.2, 0.25) is 0 Å². The van der Waals surface area contributed by atoms with Crippen molar-refractivity contribution in [2.75, 3.05) is 4.90 Å². The first kappa shape index (κ1) is 41.7. The molecule has 2 nitrogen and oxygen atoms in total. The average molecular weight is 811 g/mol. The Labute approximate surface area is 373 Å². The molecular weight excluding hydrogens is 761 g/mol. The smallest absolute Gasteiger partial charge is 0.0713 e. The van der Waals surface area contributed by atoms with Gasteiger partial charge in [-0.1, -0.05) is 225 Å². The van der Waals surface area contributed by atoms with Gasteiger partial charge in [-0.15, -0.1) is 0 Å². The highest BCUT2D eigenvalue weighted by molar-refractivity contribution is 5.92. The van der Waals surface area contributed by atoms with Crippen molar-refractivity contribution in [1.82, 2.24) is 0 Å². The molecule has 0 spiro atoms. The molecule has 0 fully saturated rings. The van der Waals surface area contributed by atoms with Gasteiger partial charge in [0.05, 0.1) is 5.41 Å². The van der Waals surface area contributed by atoms with E-state index in [1.807, 2.05) is 31.2 Å². The molecule has 0 bridgehead atoms. The molecule has 0 saturated heterocycles. The summed E-state index contributed by atoms with van der Waals surface area (Å²) in [7, 11) is 0. The van der Waals surface area contributed by atoms with Gasteiger partial charge in [-0.2, -0.15) is 0 Å². The van der Waals surface area contributed by atoms with Crippen molar-refractivity contribution in [1.29, 1.82) is 0 Å². The van der Waals surface area contributed by atoms with Crippen molar-refractivity contribution >= 4 is 34.9 Å². The maximum Gasteiger partial charge on any atom is 0.0713 e. The zero-order chi connectivity index (χ0) is 43.1. The predicted octanol–water partition coefficient (Wildman–Crippen LogP) is 16.0. The molecule has 0 heterocycles. The standard InChI is InChI=1S/C61H50N2/c1-3-4-5-6-7-12-25-49(48-26-13-8-14-27-48)28-21-23-36-60-58(46-47-62-2)57-35-22-24-37-59(57)61(60,52-29-15-9-16-30-52)53-42-38-50(39-43-53)51-40-44-56(45-41-51)63(54-31-17-10-18-32-54)55-33-19-11-20-34-55/h3-47H,2H2,1H3/b4-3+,6-5-,12-7-,28-21+,36-23+,47-46-,49-25+. The summed E-state index contributed by atoms with van der Waals surface area (Å²) < 4.78 is 0. The third-order valence-electron chi connectivity index (χ3n) is 11.3. The lowest BCUT2D eigenvalue weighted by molar-refractivity contribution is 0.761. The second kappa shape index (κ2) is 20.5. The SMILES string of the molecule is C=N/C=C\C1=C(/C=C/C=C/C(=C\C=C/C=C\C=C\C)c2ccccc2)C(c2ccccc2)(c2ccc(-c3ccc(N(c4ccccc4)c4ccccc4)cc3)cc2)c2ccccc21. The molecular formula is C61H50N2. The molecule has 0 aromatic heterocycles. The maximum atomic E-state index is 4.17. The fourth-order valence-corrected chi connectivity index (χ4v) is 8.50. The summed E-state index contributed by atoms with van der Waals surface area (Å²) in [4.78, 5) is 6.46. The number of para-hydroxylation sites is 2. The third-order valence-corrected chi connectivity index (χ3v) is 11.3. The first-order chi connectivity index (χ1) is 31.2. The molecule has 0 amide bonds. The lowest BCUT2D eigenvalue weighted by Crippen LogP contribution is -2.29. The van der Waals surface area contributed by atoms with Gasteiger partial charge in [0.1, 0.15) is 0 Å². The van der Waals surface area contributed by atoms with Crippen LogP contribution in [0.15, 0.2) is 284 Å². The predicted molar refractivity (Wildman–Crippen MR) is 271 cm³/mol. The van der Waals surface area contributed by atoms with Gasteiger partial charge in [0.2, 0.25) is 0 Å². The molecule has 63 heavy (non-hydrogen) atoms. The van der Waals surface area contributed by atoms with Crippen LogP contribution >= 0.6 is 0 Å². The van der Waals surface area contributed by atoms with E-state index in [2.05, 4.69) is 259 Å². The number of hydrogen-bond acceptors (Lipinski definition) is 2. The second-order valence-electron chi connectivity index (χ2n) is 15.1. The largest absolute Gasteiger partial charge is 0.311 e. The molecule has 1 unspecified atom stereocenters. The van der Waals surface area contributed by atoms with Crippen LogP contribution in [-0.4, -0.2) is 6.72 Å². The Morgan fingerprint density at radius 2 is 1.02 bits per heavy atom. The highest BCUT2D eigenvalue weighted by Gasteiger charge is 2.46. The van der Waals surface area contributed by atoms with Gasteiger partial charge in [0, 0.05) is 23.3 Å². The second-order valence-corrected chi connectivity index (χ2v) is 15.1. The molecule has 304 valence electrons. The van der Waals surface area contributed by atoms with Crippen LogP contribution in [0, 0.1) is 0 Å². The topological polar surface area (TPSA) is 15.6 Å². The van der Waals surface area contributed by atoms with E-state index in [4.69, 9.17) is 0 Å². The summed E-state index contributed by atoms with van der Waals surface area (Å²) in [6, 6.07) is 69.2. The molecule has 1 aliphatic rings. The van der Waals surface area contributed by atoms with Crippen LogP contribution in [0.25, 0.3) is 22.3 Å². The van der Waals surface area contributed by atoms with Crippen molar-refractivity contribution in [2.24, 2.45) is 4.99 Å². The highest BCUT2D eigenvalue weighted by atomic mass is 15.1. The number of anilines is 3. The number of fused-ring (bicyclic) bond motifs is 1. The summed E-state index contributed by atoms with van der Waals surface area (Å²) >= 11 is 0. The number of rotatable bonds is 15. The van der Waals surface area contributed by atoms with Gasteiger partial charge < -0.3 is 4.90 Å². The number of hydrogen-bond donors (Lipinski definition) is 0.